The van der Waals surface area contributed by atoms with Crippen LogP contribution >= 0.6 is 11.6 Å². The molecule has 1 heterocycles. The molecule has 1 aromatic heterocycles. The molecule has 0 bridgehead atoms. The van der Waals surface area contributed by atoms with Gasteiger partial charge in [0.05, 0.1) is 5.52 Å². The lowest BCUT2D eigenvalue weighted by atomic mass is 10.1. The minimum absolute atomic E-state index is 0.0701. The smallest absolute Gasteiger partial charge is 0.249 e. The third-order valence-corrected chi connectivity index (χ3v) is 5.06. The molecular formula is C22H14ClF4N3O. The Labute approximate surface area is 179 Å². The second kappa shape index (κ2) is 8.03. The maximum atomic E-state index is 14.0. The highest BCUT2D eigenvalue weighted by Crippen LogP contribution is 2.32. The summed E-state index contributed by atoms with van der Waals surface area (Å²) in [7, 11) is 0. The number of carbonyl (C=O) groups is 1. The molecule has 0 saturated carbocycles. The van der Waals surface area contributed by atoms with E-state index in [9.17, 15) is 22.4 Å². The average Bonchev–Trinajstić information content (AvgIpc) is 3.13. The van der Waals surface area contributed by atoms with Gasteiger partial charge in [-0.05, 0) is 25.1 Å². The van der Waals surface area contributed by atoms with Gasteiger partial charge in [-0.1, -0.05) is 41.9 Å². The van der Waals surface area contributed by atoms with Gasteiger partial charge in [0.25, 0.3) is 0 Å². The first-order valence-electron chi connectivity index (χ1n) is 9.15. The number of amides is 1. The zero-order valence-corrected chi connectivity index (χ0v) is 16.7. The van der Waals surface area contributed by atoms with Crippen LogP contribution in [0.15, 0.2) is 54.6 Å². The first-order valence-corrected chi connectivity index (χ1v) is 9.52. The SMILES string of the molecule is C[C@H](C(=O)Nc1c(F)c(F)cc(F)c1F)n1nc(-c2ccccc2)c2cc(Cl)ccc21. The lowest BCUT2D eigenvalue weighted by molar-refractivity contribution is -0.119. The molecule has 158 valence electrons. The summed E-state index contributed by atoms with van der Waals surface area (Å²) >= 11 is 6.13. The molecule has 0 aliphatic carbocycles. The third-order valence-electron chi connectivity index (χ3n) is 4.82. The Kier molecular flexibility index (Phi) is 5.41. The predicted molar refractivity (Wildman–Crippen MR) is 110 cm³/mol. The summed E-state index contributed by atoms with van der Waals surface area (Å²) in [5.74, 6) is -7.54. The molecule has 0 unspecified atom stereocenters. The van der Waals surface area contributed by atoms with Crippen molar-refractivity contribution < 1.29 is 22.4 Å². The molecule has 0 aliphatic heterocycles. The highest BCUT2D eigenvalue weighted by Gasteiger charge is 2.26. The second-order valence-electron chi connectivity index (χ2n) is 6.83. The molecule has 1 N–H and O–H groups in total. The number of aromatic nitrogens is 2. The summed E-state index contributed by atoms with van der Waals surface area (Å²) in [4.78, 5) is 12.7. The quantitative estimate of drug-likeness (QED) is 0.303. The van der Waals surface area contributed by atoms with Crippen LogP contribution < -0.4 is 5.32 Å². The van der Waals surface area contributed by atoms with Gasteiger partial charge in [-0.25, -0.2) is 17.6 Å². The maximum Gasteiger partial charge on any atom is 0.249 e. The maximum absolute atomic E-state index is 14.0. The molecular weight excluding hydrogens is 434 g/mol. The van der Waals surface area contributed by atoms with Crippen molar-refractivity contribution in [2.45, 2.75) is 13.0 Å². The van der Waals surface area contributed by atoms with Crippen LogP contribution in [0, 0.1) is 23.3 Å². The Balaban J connectivity index is 1.77. The van der Waals surface area contributed by atoms with E-state index in [0.717, 1.165) is 5.56 Å². The Morgan fingerprint density at radius 1 is 1.00 bits per heavy atom. The fraction of sp³-hybridized carbons (Fsp3) is 0.0909. The molecule has 4 nitrogen and oxygen atoms in total. The van der Waals surface area contributed by atoms with Crippen LogP contribution in [0.1, 0.15) is 13.0 Å². The van der Waals surface area contributed by atoms with E-state index < -0.39 is 40.9 Å². The largest absolute Gasteiger partial charge is 0.319 e. The number of hydrogen-bond acceptors (Lipinski definition) is 2. The molecule has 4 rings (SSSR count). The summed E-state index contributed by atoms with van der Waals surface area (Å²) in [6.45, 7) is 1.44. The van der Waals surface area contributed by atoms with Crippen molar-refractivity contribution >= 4 is 34.1 Å². The minimum atomic E-state index is -1.69. The summed E-state index contributed by atoms with van der Waals surface area (Å²) in [5.41, 5.74) is 0.659. The monoisotopic (exact) mass is 447 g/mol. The minimum Gasteiger partial charge on any atom is -0.319 e. The van der Waals surface area contributed by atoms with Crippen molar-refractivity contribution in [1.29, 1.82) is 0 Å². The molecule has 1 atom stereocenters. The first kappa shape index (κ1) is 20.9. The molecule has 0 spiro atoms. The van der Waals surface area contributed by atoms with Crippen LogP contribution in [0.5, 0.6) is 0 Å². The van der Waals surface area contributed by atoms with E-state index in [2.05, 4.69) is 5.10 Å². The molecule has 4 aromatic rings. The van der Waals surface area contributed by atoms with Gasteiger partial charge in [-0.15, -0.1) is 0 Å². The van der Waals surface area contributed by atoms with E-state index in [0.29, 0.717) is 21.6 Å². The van der Waals surface area contributed by atoms with Crippen LogP contribution in [0.2, 0.25) is 5.02 Å². The summed E-state index contributed by atoms with van der Waals surface area (Å²) in [6.07, 6.45) is 0. The second-order valence-corrected chi connectivity index (χ2v) is 7.27. The molecule has 0 fully saturated rings. The lowest BCUT2D eigenvalue weighted by Gasteiger charge is -2.15. The number of nitrogens with one attached hydrogen (secondary N) is 1. The summed E-state index contributed by atoms with van der Waals surface area (Å²) < 4.78 is 56.2. The number of halogens is 5. The average molecular weight is 448 g/mol. The van der Waals surface area contributed by atoms with E-state index >= 15 is 0 Å². The highest BCUT2D eigenvalue weighted by atomic mass is 35.5. The summed E-state index contributed by atoms with van der Waals surface area (Å²) in [5, 5.41) is 7.55. The molecule has 9 heteroatoms. The third kappa shape index (κ3) is 3.74. The topological polar surface area (TPSA) is 46.9 Å². The van der Waals surface area contributed by atoms with Crippen LogP contribution in [0.25, 0.3) is 22.2 Å². The molecule has 31 heavy (non-hydrogen) atoms. The Bertz CT molecular complexity index is 1280. The number of fused-ring (bicyclic) bond motifs is 1. The van der Waals surface area contributed by atoms with E-state index in [4.69, 9.17) is 11.6 Å². The number of anilines is 1. The zero-order valence-electron chi connectivity index (χ0n) is 16.0. The van der Waals surface area contributed by atoms with Crippen LogP contribution in [-0.2, 0) is 4.79 Å². The number of nitrogens with zero attached hydrogens (tertiary/aromatic N) is 2. The number of carbonyl (C=O) groups excluding carboxylic acids is 1. The number of hydrogen-bond donors (Lipinski definition) is 1. The van der Waals surface area contributed by atoms with Crippen molar-refractivity contribution in [3.8, 4) is 11.3 Å². The lowest BCUT2D eigenvalue weighted by Crippen LogP contribution is -2.26. The van der Waals surface area contributed by atoms with Gasteiger partial charge < -0.3 is 5.32 Å². The molecule has 0 aliphatic rings. The van der Waals surface area contributed by atoms with Crippen molar-refractivity contribution in [1.82, 2.24) is 9.78 Å². The molecule has 3 aromatic carbocycles. The number of benzene rings is 3. The van der Waals surface area contributed by atoms with Crippen molar-refractivity contribution in [2.75, 3.05) is 5.32 Å². The fourth-order valence-corrected chi connectivity index (χ4v) is 3.41. The van der Waals surface area contributed by atoms with E-state index in [1.54, 1.807) is 18.2 Å². The van der Waals surface area contributed by atoms with Gasteiger partial charge in [-0.3, -0.25) is 9.48 Å². The zero-order chi connectivity index (χ0) is 22.3. The first-order chi connectivity index (χ1) is 14.8. The highest BCUT2D eigenvalue weighted by molar-refractivity contribution is 6.31. The number of rotatable bonds is 4. The van der Waals surface area contributed by atoms with Crippen LogP contribution in [-0.4, -0.2) is 15.7 Å². The molecule has 1 amide bonds. The van der Waals surface area contributed by atoms with E-state index in [-0.39, 0.29) is 6.07 Å². The molecule has 0 saturated heterocycles. The van der Waals surface area contributed by atoms with Crippen molar-refractivity contribution in [3.63, 3.8) is 0 Å². The van der Waals surface area contributed by atoms with E-state index in [1.807, 2.05) is 35.6 Å². The normalized spacial score (nSPS) is 12.2. The van der Waals surface area contributed by atoms with E-state index in [1.165, 1.54) is 11.6 Å². The van der Waals surface area contributed by atoms with Crippen LogP contribution in [0.3, 0.4) is 0 Å². The van der Waals surface area contributed by atoms with Crippen molar-refractivity contribution in [2.24, 2.45) is 0 Å². The van der Waals surface area contributed by atoms with Crippen LogP contribution in [0.4, 0.5) is 23.2 Å². The standard InChI is InChI=1S/C22H14ClF4N3O/c1-11(22(31)28-21-18(26)15(24)10-16(25)19(21)27)30-17-8-7-13(23)9-14(17)20(29-30)12-5-3-2-4-6-12/h2-11H,1H3,(H,28,31)/t11-/m1/s1. The van der Waals surface area contributed by atoms with Gasteiger partial charge in [-0.2, -0.15) is 5.10 Å². The van der Waals surface area contributed by atoms with Gasteiger partial charge in [0.15, 0.2) is 23.3 Å². The predicted octanol–water partition coefficient (Wildman–Crippen LogP) is 6.11. The Morgan fingerprint density at radius 2 is 1.65 bits per heavy atom. The fourth-order valence-electron chi connectivity index (χ4n) is 3.24. The van der Waals surface area contributed by atoms with Gasteiger partial charge in [0, 0.05) is 22.0 Å². The molecule has 0 radical (unpaired) electrons. The Morgan fingerprint density at radius 3 is 2.29 bits per heavy atom. The Hall–Kier alpha value is -3.39. The van der Waals surface area contributed by atoms with Crippen molar-refractivity contribution in [3.05, 3.63) is 82.9 Å². The summed E-state index contributed by atoms with van der Waals surface area (Å²) in [6, 6.07) is 13.1. The van der Waals surface area contributed by atoms with Gasteiger partial charge in [0.2, 0.25) is 5.91 Å². The van der Waals surface area contributed by atoms with Gasteiger partial charge >= 0.3 is 0 Å². The van der Waals surface area contributed by atoms with Gasteiger partial charge in [0.1, 0.15) is 17.4 Å².